The van der Waals surface area contributed by atoms with Crippen LogP contribution in [0.4, 0.5) is 10.5 Å². The molecule has 1 aromatic carbocycles. The molecular weight excluding hydrogens is 448 g/mol. The van der Waals surface area contributed by atoms with Gasteiger partial charge in [0.15, 0.2) is 6.61 Å². The Morgan fingerprint density at radius 3 is 2.11 bits per heavy atom. The van der Waals surface area contributed by atoms with E-state index in [4.69, 9.17) is 9.47 Å². The number of amides is 4. The van der Waals surface area contributed by atoms with Gasteiger partial charge < -0.3 is 19.3 Å². The SMILES string of the molecule is CC.CCN1CCC(OC2CCN(C(=O)COc3ccc(N4CCC(=O)NC4=O)cc3)CC2)CC1. The molecule has 0 radical (unpaired) electrons. The first-order valence-electron chi connectivity index (χ1n) is 13.0. The van der Waals surface area contributed by atoms with Crippen molar-refractivity contribution in [3.05, 3.63) is 24.3 Å². The molecule has 9 nitrogen and oxygen atoms in total. The third-order valence-electron chi connectivity index (χ3n) is 6.73. The Hall–Kier alpha value is -2.65. The third kappa shape index (κ3) is 7.67. The fourth-order valence-electron chi connectivity index (χ4n) is 4.64. The van der Waals surface area contributed by atoms with Crippen LogP contribution in [0.2, 0.25) is 0 Å². The average molecular weight is 489 g/mol. The van der Waals surface area contributed by atoms with Crippen LogP contribution in [0.25, 0.3) is 0 Å². The predicted molar refractivity (Wildman–Crippen MR) is 135 cm³/mol. The Labute approximate surface area is 208 Å². The highest BCUT2D eigenvalue weighted by Crippen LogP contribution is 2.23. The first-order valence-corrected chi connectivity index (χ1v) is 13.0. The molecule has 1 aromatic rings. The summed E-state index contributed by atoms with van der Waals surface area (Å²) in [5, 5.41) is 2.30. The number of benzene rings is 1. The minimum Gasteiger partial charge on any atom is -0.484 e. The molecule has 0 aliphatic carbocycles. The van der Waals surface area contributed by atoms with Gasteiger partial charge in [0.05, 0.1) is 12.2 Å². The van der Waals surface area contributed by atoms with Crippen LogP contribution in [0, 0.1) is 0 Å². The highest BCUT2D eigenvalue weighted by molar-refractivity contribution is 6.05. The Balaban J connectivity index is 0.00000167. The van der Waals surface area contributed by atoms with Gasteiger partial charge in [-0.25, -0.2) is 4.79 Å². The van der Waals surface area contributed by atoms with Crippen LogP contribution in [-0.4, -0.2) is 85.7 Å². The molecule has 0 atom stereocenters. The molecule has 3 aliphatic rings. The molecule has 0 unspecified atom stereocenters. The summed E-state index contributed by atoms with van der Waals surface area (Å²) < 4.78 is 12.0. The summed E-state index contributed by atoms with van der Waals surface area (Å²) in [6.45, 7) is 11.3. The molecule has 9 heteroatoms. The molecule has 4 amide bonds. The van der Waals surface area contributed by atoms with Gasteiger partial charge in [-0.2, -0.15) is 0 Å². The summed E-state index contributed by atoms with van der Waals surface area (Å²) in [5.74, 6) is 0.280. The van der Waals surface area contributed by atoms with Gasteiger partial charge in [0.25, 0.3) is 5.91 Å². The summed E-state index contributed by atoms with van der Waals surface area (Å²) in [5.41, 5.74) is 0.682. The Bertz CT molecular complexity index is 831. The molecule has 0 bridgehead atoms. The highest BCUT2D eigenvalue weighted by atomic mass is 16.5. The van der Waals surface area contributed by atoms with Gasteiger partial charge in [-0.15, -0.1) is 0 Å². The van der Waals surface area contributed by atoms with E-state index in [-0.39, 0.29) is 30.9 Å². The zero-order chi connectivity index (χ0) is 25.2. The van der Waals surface area contributed by atoms with E-state index in [2.05, 4.69) is 17.1 Å². The van der Waals surface area contributed by atoms with Crippen molar-refractivity contribution in [1.29, 1.82) is 0 Å². The lowest BCUT2D eigenvalue weighted by Crippen LogP contribution is -2.49. The minimum absolute atomic E-state index is 0.0148. The molecule has 0 aromatic heterocycles. The summed E-state index contributed by atoms with van der Waals surface area (Å²) in [7, 11) is 0. The lowest BCUT2D eigenvalue weighted by molar-refractivity contribution is -0.137. The van der Waals surface area contributed by atoms with E-state index in [1.165, 1.54) is 4.90 Å². The van der Waals surface area contributed by atoms with Gasteiger partial charge in [0.2, 0.25) is 5.91 Å². The maximum Gasteiger partial charge on any atom is 0.328 e. The summed E-state index contributed by atoms with van der Waals surface area (Å²) >= 11 is 0. The van der Waals surface area contributed by atoms with Crippen molar-refractivity contribution in [1.82, 2.24) is 15.1 Å². The maximum absolute atomic E-state index is 12.6. The number of ether oxygens (including phenoxy) is 2. The van der Waals surface area contributed by atoms with E-state index in [1.54, 1.807) is 24.3 Å². The number of hydrogen-bond acceptors (Lipinski definition) is 6. The zero-order valence-corrected chi connectivity index (χ0v) is 21.3. The van der Waals surface area contributed by atoms with Crippen LogP contribution >= 0.6 is 0 Å². The van der Waals surface area contributed by atoms with E-state index in [0.717, 1.165) is 45.3 Å². The van der Waals surface area contributed by atoms with Crippen LogP contribution in [-0.2, 0) is 14.3 Å². The fraction of sp³-hybridized carbons (Fsp3) is 0.654. The number of nitrogens with one attached hydrogen (secondary N) is 1. The topological polar surface area (TPSA) is 91.4 Å². The average Bonchev–Trinajstić information content (AvgIpc) is 2.90. The molecule has 4 rings (SSSR count). The van der Waals surface area contributed by atoms with Crippen LogP contribution in [0.1, 0.15) is 52.9 Å². The van der Waals surface area contributed by atoms with Crippen LogP contribution in [0.5, 0.6) is 5.75 Å². The van der Waals surface area contributed by atoms with Gasteiger partial charge in [-0.05, 0) is 56.5 Å². The number of nitrogens with zero attached hydrogens (tertiary/aromatic N) is 3. The molecule has 0 spiro atoms. The maximum atomic E-state index is 12.6. The van der Waals surface area contributed by atoms with E-state index < -0.39 is 6.03 Å². The van der Waals surface area contributed by atoms with Crippen molar-refractivity contribution in [2.75, 3.05) is 50.8 Å². The molecule has 3 heterocycles. The number of piperidine rings is 2. The Morgan fingerprint density at radius 2 is 1.54 bits per heavy atom. The predicted octanol–water partition coefficient (Wildman–Crippen LogP) is 3.03. The molecule has 3 saturated heterocycles. The van der Waals surface area contributed by atoms with Crippen molar-refractivity contribution < 1.29 is 23.9 Å². The molecule has 35 heavy (non-hydrogen) atoms. The number of carbonyl (C=O) groups is 3. The second-order valence-corrected chi connectivity index (χ2v) is 8.89. The van der Waals surface area contributed by atoms with E-state index in [1.807, 2.05) is 18.7 Å². The smallest absolute Gasteiger partial charge is 0.328 e. The van der Waals surface area contributed by atoms with Gasteiger partial charge >= 0.3 is 6.03 Å². The van der Waals surface area contributed by atoms with Gasteiger partial charge in [0, 0.05) is 44.8 Å². The zero-order valence-electron chi connectivity index (χ0n) is 21.3. The lowest BCUT2D eigenvalue weighted by Gasteiger charge is -2.36. The van der Waals surface area contributed by atoms with Crippen molar-refractivity contribution in [3.8, 4) is 5.75 Å². The number of hydrogen-bond donors (Lipinski definition) is 1. The second kappa shape index (κ2) is 13.4. The molecule has 3 fully saturated rings. The minimum atomic E-state index is -0.422. The fourth-order valence-corrected chi connectivity index (χ4v) is 4.64. The molecular formula is C26H40N4O5. The molecule has 194 valence electrons. The number of anilines is 1. The van der Waals surface area contributed by atoms with Crippen molar-refractivity contribution >= 4 is 23.5 Å². The van der Waals surface area contributed by atoms with Crippen molar-refractivity contribution in [2.24, 2.45) is 0 Å². The normalized spacial score (nSPS) is 20.2. The van der Waals surface area contributed by atoms with Crippen LogP contribution in [0.3, 0.4) is 0 Å². The number of urea groups is 1. The first-order chi connectivity index (χ1) is 17.0. The number of rotatable bonds is 7. The highest BCUT2D eigenvalue weighted by Gasteiger charge is 2.28. The van der Waals surface area contributed by atoms with Crippen molar-refractivity contribution in [2.45, 2.75) is 65.1 Å². The second-order valence-electron chi connectivity index (χ2n) is 8.89. The van der Waals surface area contributed by atoms with E-state index in [9.17, 15) is 14.4 Å². The van der Waals surface area contributed by atoms with E-state index >= 15 is 0 Å². The number of imide groups is 1. The molecule has 0 saturated carbocycles. The Kier molecular flexibility index (Phi) is 10.3. The monoisotopic (exact) mass is 488 g/mol. The van der Waals surface area contributed by atoms with Gasteiger partial charge in [0.1, 0.15) is 5.75 Å². The first kappa shape index (κ1) is 26.9. The Morgan fingerprint density at radius 1 is 0.943 bits per heavy atom. The van der Waals surface area contributed by atoms with Crippen molar-refractivity contribution in [3.63, 3.8) is 0 Å². The standard InChI is InChI=1S/C24H34N4O5.C2H6/c1-2-26-12-7-20(8-13-26)33-21-9-14-27(15-10-21)23(30)17-32-19-5-3-18(4-6-19)28-16-11-22(29)25-24(28)31;1-2/h3-6,20-21H,2,7-17H2,1H3,(H,25,29,31);1-2H3. The third-order valence-corrected chi connectivity index (χ3v) is 6.73. The largest absolute Gasteiger partial charge is 0.484 e. The van der Waals surface area contributed by atoms with Crippen LogP contribution < -0.4 is 15.0 Å². The molecule has 1 N–H and O–H groups in total. The lowest BCUT2D eigenvalue weighted by atomic mass is 10.0. The summed E-state index contributed by atoms with van der Waals surface area (Å²) in [4.78, 5) is 41.6. The van der Waals surface area contributed by atoms with E-state index in [0.29, 0.717) is 37.2 Å². The van der Waals surface area contributed by atoms with Gasteiger partial charge in [-0.1, -0.05) is 20.8 Å². The van der Waals surface area contributed by atoms with Crippen LogP contribution in [0.15, 0.2) is 24.3 Å². The molecule has 3 aliphatic heterocycles. The van der Waals surface area contributed by atoms with Gasteiger partial charge in [-0.3, -0.25) is 19.8 Å². The number of carbonyl (C=O) groups excluding carboxylic acids is 3. The quantitative estimate of drug-likeness (QED) is 0.634. The number of likely N-dealkylation sites (tertiary alicyclic amines) is 2. The summed E-state index contributed by atoms with van der Waals surface area (Å²) in [6, 6.07) is 6.55. The summed E-state index contributed by atoms with van der Waals surface area (Å²) in [6.07, 6.45) is 4.80.